The molecule has 0 aromatic carbocycles. The van der Waals surface area contributed by atoms with Crippen LogP contribution in [0.25, 0.3) is 5.57 Å². The van der Waals surface area contributed by atoms with Crippen molar-refractivity contribution >= 4 is 28.9 Å². The zero-order valence-electron chi connectivity index (χ0n) is 8.74. The molecule has 1 aromatic rings. The van der Waals surface area contributed by atoms with Crippen molar-refractivity contribution in [1.82, 2.24) is 9.97 Å². The van der Waals surface area contributed by atoms with Gasteiger partial charge in [-0.25, -0.2) is 4.98 Å². The van der Waals surface area contributed by atoms with Crippen molar-refractivity contribution in [1.29, 1.82) is 5.26 Å². The van der Waals surface area contributed by atoms with Gasteiger partial charge < -0.3 is 10.6 Å². The lowest BCUT2D eigenvalue weighted by Crippen LogP contribution is -2.14. The van der Waals surface area contributed by atoms with E-state index in [2.05, 4.69) is 23.1 Å². The Bertz CT molecular complexity index is 489. The van der Waals surface area contributed by atoms with Crippen molar-refractivity contribution in [3.8, 4) is 6.07 Å². The number of halogens is 1. The first-order valence-electron chi connectivity index (χ1n) is 4.29. The quantitative estimate of drug-likeness (QED) is 0.639. The summed E-state index contributed by atoms with van der Waals surface area (Å²) in [6.07, 6.45) is 1.52. The minimum atomic E-state index is 0.0307. The van der Waals surface area contributed by atoms with Crippen LogP contribution in [-0.4, -0.2) is 17.0 Å². The second-order valence-corrected chi connectivity index (χ2v) is 3.31. The first-order valence-corrected chi connectivity index (χ1v) is 4.66. The number of nitrogen functional groups attached to an aromatic ring is 1. The third-order valence-corrected chi connectivity index (χ3v) is 2.18. The molecule has 1 heterocycles. The second kappa shape index (κ2) is 4.64. The molecule has 0 unspecified atom stereocenters. The molecule has 82 valence electrons. The molecule has 0 saturated carbocycles. The molecule has 6 heteroatoms. The van der Waals surface area contributed by atoms with E-state index in [9.17, 15) is 0 Å². The molecule has 16 heavy (non-hydrogen) atoms. The highest BCUT2D eigenvalue weighted by atomic mass is 35.5. The molecule has 0 aliphatic heterocycles. The van der Waals surface area contributed by atoms with Crippen LogP contribution in [0.4, 0.5) is 11.8 Å². The third kappa shape index (κ3) is 2.12. The van der Waals surface area contributed by atoms with E-state index in [1.165, 1.54) is 6.20 Å². The maximum Gasteiger partial charge on any atom is 0.223 e. The Hall–Kier alpha value is -2.06. The van der Waals surface area contributed by atoms with Gasteiger partial charge in [0.25, 0.3) is 0 Å². The van der Waals surface area contributed by atoms with Gasteiger partial charge in [-0.3, -0.25) is 0 Å². The molecule has 0 amide bonds. The minimum absolute atomic E-state index is 0.0307. The lowest BCUT2D eigenvalue weighted by molar-refractivity contribution is 1.08. The fourth-order valence-electron chi connectivity index (χ4n) is 1.10. The smallest absolute Gasteiger partial charge is 0.223 e. The Kier molecular flexibility index (Phi) is 3.48. The maximum atomic E-state index is 8.82. The summed E-state index contributed by atoms with van der Waals surface area (Å²) < 4.78 is 0. The number of allylic oxidation sites excluding steroid dienone is 1. The van der Waals surface area contributed by atoms with E-state index in [1.807, 2.05) is 6.07 Å². The van der Waals surface area contributed by atoms with Crippen LogP contribution < -0.4 is 10.6 Å². The maximum absolute atomic E-state index is 8.82. The van der Waals surface area contributed by atoms with E-state index in [0.717, 1.165) is 0 Å². The average Bonchev–Trinajstić information content (AvgIpc) is 2.26. The van der Waals surface area contributed by atoms with Gasteiger partial charge in [-0.05, 0) is 6.20 Å². The summed E-state index contributed by atoms with van der Waals surface area (Å²) in [6.45, 7) is 7.18. The number of anilines is 2. The number of nitriles is 1. The molecule has 1 aromatic heterocycles. The van der Waals surface area contributed by atoms with Gasteiger partial charge in [-0.15, -0.1) is 0 Å². The lowest BCUT2D eigenvalue weighted by atomic mass is 10.1. The van der Waals surface area contributed by atoms with Gasteiger partial charge >= 0.3 is 0 Å². The molecule has 1 rings (SSSR count). The average molecular weight is 236 g/mol. The number of aromatic nitrogens is 2. The van der Waals surface area contributed by atoms with E-state index in [4.69, 9.17) is 22.6 Å². The Balaban J connectivity index is 3.51. The predicted molar refractivity (Wildman–Crippen MR) is 64.7 cm³/mol. The summed E-state index contributed by atoms with van der Waals surface area (Å²) in [5, 5.41) is 8.92. The third-order valence-electron chi connectivity index (χ3n) is 1.91. The summed E-state index contributed by atoms with van der Waals surface area (Å²) in [5.74, 6) is 0.433. The largest absolute Gasteiger partial charge is 0.368 e. The fraction of sp³-hybridized carbons (Fsp3) is 0.100. The van der Waals surface area contributed by atoms with E-state index < -0.39 is 0 Å². The van der Waals surface area contributed by atoms with E-state index in [1.54, 1.807) is 11.9 Å². The van der Waals surface area contributed by atoms with Crippen LogP contribution in [0, 0.1) is 11.3 Å². The predicted octanol–water partition coefficient (Wildman–Crippen LogP) is 1.83. The van der Waals surface area contributed by atoms with Gasteiger partial charge in [0, 0.05) is 7.05 Å². The number of nitrogens with zero attached hydrogens (tertiary/aromatic N) is 4. The molecule has 0 atom stereocenters. The number of hydrogen-bond donors (Lipinski definition) is 1. The minimum Gasteiger partial charge on any atom is -0.368 e. The molecule has 0 aliphatic carbocycles. The van der Waals surface area contributed by atoms with Gasteiger partial charge in [0.2, 0.25) is 5.95 Å². The van der Waals surface area contributed by atoms with E-state index in [-0.39, 0.29) is 16.7 Å². The Morgan fingerprint density at radius 3 is 2.75 bits per heavy atom. The summed E-state index contributed by atoms with van der Waals surface area (Å²) in [5.41, 5.74) is 6.02. The zero-order chi connectivity index (χ0) is 12.3. The van der Waals surface area contributed by atoms with Gasteiger partial charge in [0.1, 0.15) is 11.0 Å². The molecule has 2 N–H and O–H groups in total. The van der Waals surface area contributed by atoms with Crippen molar-refractivity contribution < 1.29 is 0 Å². The highest BCUT2D eigenvalue weighted by molar-refractivity contribution is 6.32. The van der Waals surface area contributed by atoms with Crippen molar-refractivity contribution in [2.45, 2.75) is 0 Å². The Labute approximate surface area is 98.5 Å². The summed E-state index contributed by atoms with van der Waals surface area (Å²) in [6, 6.07) is 1.90. The molecule has 0 fully saturated rings. The van der Waals surface area contributed by atoms with Crippen LogP contribution in [-0.2, 0) is 0 Å². The molecule has 0 spiro atoms. The van der Waals surface area contributed by atoms with Gasteiger partial charge in [0.05, 0.1) is 17.2 Å². The Morgan fingerprint density at radius 2 is 2.25 bits per heavy atom. The van der Waals surface area contributed by atoms with Crippen LogP contribution in [0.2, 0.25) is 5.15 Å². The van der Waals surface area contributed by atoms with Crippen molar-refractivity contribution in [2.24, 2.45) is 0 Å². The highest BCUT2D eigenvalue weighted by Crippen LogP contribution is 2.30. The van der Waals surface area contributed by atoms with Crippen molar-refractivity contribution in [3.63, 3.8) is 0 Å². The number of rotatable bonds is 3. The molecule has 5 nitrogen and oxygen atoms in total. The van der Waals surface area contributed by atoms with E-state index in [0.29, 0.717) is 11.4 Å². The molecular formula is C10H10ClN5. The standard InChI is InChI=1S/C10H10ClN5/c1-4-16(3)9-7(6(2)5-12)8(11)14-10(13)15-9/h4H,1-2H2,3H3,(H2,13,14,15). The summed E-state index contributed by atoms with van der Waals surface area (Å²) in [7, 11) is 1.71. The Morgan fingerprint density at radius 1 is 1.62 bits per heavy atom. The van der Waals surface area contributed by atoms with Crippen molar-refractivity contribution in [3.05, 3.63) is 30.1 Å². The first kappa shape index (κ1) is 12.0. The second-order valence-electron chi connectivity index (χ2n) is 2.96. The summed E-state index contributed by atoms with van der Waals surface area (Å²) in [4.78, 5) is 9.36. The normalized spacial score (nSPS) is 9.31. The monoisotopic (exact) mass is 235 g/mol. The fourth-order valence-corrected chi connectivity index (χ4v) is 1.38. The van der Waals surface area contributed by atoms with Gasteiger partial charge in [0.15, 0.2) is 0 Å². The lowest BCUT2D eigenvalue weighted by Gasteiger charge is -2.17. The van der Waals surface area contributed by atoms with Crippen LogP contribution >= 0.6 is 11.6 Å². The van der Waals surface area contributed by atoms with Crippen LogP contribution in [0.15, 0.2) is 19.4 Å². The SMILES string of the molecule is C=CN(C)c1nc(N)nc(Cl)c1C(=C)C#N. The summed E-state index contributed by atoms with van der Waals surface area (Å²) >= 11 is 5.91. The van der Waals surface area contributed by atoms with E-state index >= 15 is 0 Å². The van der Waals surface area contributed by atoms with Crippen LogP contribution in [0.1, 0.15) is 5.56 Å². The van der Waals surface area contributed by atoms with Gasteiger partial charge in [-0.1, -0.05) is 24.8 Å². The topological polar surface area (TPSA) is 78.8 Å². The molecule has 0 radical (unpaired) electrons. The number of hydrogen-bond acceptors (Lipinski definition) is 5. The molecule has 0 saturated heterocycles. The molecular weight excluding hydrogens is 226 g/mol. The molecule has 0 bridgehead atoms. The van der Waals surface area contributed by atoms with Crippen LogP contribution in [0.3, 0.4) is 0 Å². The zero-order valence-corrected chi connectivity index (χ0v) is 9.49. The molecule has 0 aliphatic rings. The highest BCUT2D eigenvalue weighted by Gasteiger charge is 2.16. The van der Waals surface area contributed by atoms with Crippen molar-refractivity contribution in [2.75, 3.05) is 17.7 Å². The van der Waals surface area contributed by atoms with Gasteiger partial charge in [-0.2, -0.15) is 10.2 Å². The van der Waals surface area contributed by atoms with Crippen LogP contribution in [0.5, 0.6) is 0 Å². The first-order chi connectivity index (χ1) is 7.51. The number of nitrogens with two attached hydrogens (primary N) is 1.